The first-order valence-corrected chi connectivity index (χ1v) is 46.7. The molecule has 0 saturated carbocycles. The van der Waals surface area contributed by atoms with Crippen LogP contribution in [0.2, 0.25) is 0 Å². The monoisotopic (exact) mass is 2170 g/mol. The molecule has 1 amide bonds. The number of ether oxygens (including phenoxy) is 25. The largest absolute Gasteiger partial charge is 0.394 e. The van der Waals surface area contributed by atoms with Crippen molar-refractivity contribution in [2.75, 3.05) is 85.9 Å². The highest BCUT2D eigenvalue weighted by Crippen LogP contribution is 2.44. The summed E-state index contributed by atoms with van der Waals surface area (Å²) in [5.41, 5.74) is 0. The zero-order chi connectivity index (χ0) is 108. The van der Waals surface area contributed by atoms with Gasteiger partial charge in [-0.1, -0.05) is 0 Å². The number of aliphatic hydroxyl groups is 40. The minimum Gasteiger partial charge on any atom is -0.394 e. The maximum atomic E-state index is 12.9. The third-order valence-corrected chi connectivity index (χ3v) is 27.6. The molecule has 65 atom stereocenters. The number of carbonyl (C=O) groups excluding carboxylic acids is 1. The van der Waals surface area contributed by atoms with Crippen molar-refractivity contribution in [1.82, 2.24) is 5.32 Å². The highest BCUT2D eigenvalue weighted by Gasteiger charge is 2.64. The van der Waals surface area contributed by atoms with Crippen LogP contribution in [0, 0.1) is 0 Å². The van der Waals surface area contributed by atoms with Gasteiger partial charge in [0, 0.05) is 6.92 Å². The number of aliphatic hydroxyl groups excluding tert-OH is 40. The molecule has 13 fully saturated rings. The molecule has 13 aliphatic rings. The van der Waals surface area contributed by atoms with Crippen LogP contribution >= 0.6 is 0 Å². The van der Waals surface area contributed by atoms with E-state index < -0.39 is 491 Å². The molecule has 13 heterocycles. The lowest BCUT2D eigenvalue weighted by Gasteiger charge is -2.51. The fraction of sp³-hybridized carbons (Fsp3) is 0.988. The van der Waals surface area contributed by atoms with E-state index in [1.54, 1.807) is 0 Å². The maximum Gasteiger partial charge on any atom is 0.217 e. The first kappa shape index (κ1) is 121. The van der Waals surface area contributed by atoms with E-state index in [2.05, 4.69) is 5.32 Å². The summed E-state index contributed by atoms with van der Waals surface area (Å²) < 4.78 is 146. The van der Waals surface area contributed by atoms with E-state index in [1.165, 1.54) is 0 Å². The number of hydrogen-bond acceptors (Lipinski definition) is 66. The summed E-state index contributed by atoms with van der Waals surface area (Å²) in [5, 5.41) is 450. The summed E-state index contributed by atoms with van der Waals surface area (Å²) in [5.74, 6) is -0.988. The van der Waals surface area contributed by atoms with Crippen molar-refractivity contribution in [3.63, 3.8) is 0 Å². The van der Waals surface area contributed by atoms with Crippen molar-refractivity contribution >= 4 is 5.91 Å². The van der Waals surface area contributed by atoms with Gasteiger partial charge in [-0.2, -0.15) is 0 Å². The van der Waals surface area contributed by atoms with Crippen LogP contribution in [0.5, 0.6) is 0 Å². The average molecular weight is 2170 g/mol. The first-order valence-electron chi connectivity index (χ1n) is 46.7. The van der Waals surface area contributed by atoms with Gasteiger partial charge in [-0.15, -0.1) is 0 Å². The minimum atomic E-state index is -2.72. The van der Waals surface area contributed by atoms with Crippen molar-refractivity contribution in [2.24, 2.45) is 0 Å². The molecule has 856 valence electrons. The van der Waals surface area contributed by atoms with E-state index in [4.69, 9.17) is 118 Å². The minimum absolute atomic E-state index is 0.898. The van der Waals surface area contributed by atoms with Crippen LogP contribution in [0.25, 0.3) is 0 Å². The van der Waals surface area contributed by atoms with Crippen LogP contribution in [0.1, 0.15) is 6.92 Å². The highest BCUT2D eigenvalue weighted by molar-refractivity contribution is 5.73. The van der Waals surface area contributed by atoms with Gasteiger partial charge in [0.2, 0.25) is 5.91 Å². The van der Waals surface area contributed by atoms with Crippen LogP contribution in [0.3, 0.4) is 0 Å². The molecular weight excluding hydrogens is 2030 g/mol. The van der Waals surface area contributed by atoms with Gasteiger partial charge in [0.25, 0.3) is 0 Å². The summed E-state index contributed by atoms with van der Waals surface area (Å²) in [4.78, 5) is 12.8. The third kappa shape index (κ3) is 25.6. The smallest absolute Gasteiger partial charge is 0.217 e. The van der Waals surface area contributed by atoms with E-state index in [-0.39, 0.29) is 0 Å². The Kier molecular flexibility index (Phi) is 43.2. The summed E-state index contributed by atoms with van der Waals surface area (Å²) in [6.07, 6.45) is -145. The topological polar surface area (TPSA) is 1070 Å². The second-order valence-corrected chi connectivity index (χ2v) is 37.2. The van der Waals surface area contributed by atoms with Gasteiger partial charge < -0.3 is 328 Å². The van der Waals surface area contributed by atoms with Crippen molar-refractivity contribution in [3.8, 4) is 0 Å². The van der Waals surface area contributed by atoms with Gasteiger partial charge in [-0.3, -0.25) is 4.79 Å². The molecular formula is C80H135NO66. The van der Waals surface area contributed by atoms with E-state index in [0.29, 0.717) is 0 Å². The van der Waals surface area contributed by atoms with Crippen molar-refractivity contribution in [2.45, 2.75) is 406 Å². The second kappa shape index (κ2) is 52.6. The highest BCUT2D eigenvalue weighted by atomic mass is 16.8. The molecule has 0 bridgehead atoms. The molecule has 0 aromatic carbocycles. The van der Waals surface area contributed by atoms with Gasteiger partial charge >= 0.3 is 0 Å². The molecule has 0 aliphatic carbocycles. The summed E-state index contributed by atoms with van der Waals surface area (Å²) in [7, 11) is 0. The van der Waals surface area contributed by atoms with Gasteiger partial charge in [-0.25, -0.2) is 0 Å². The zero-order valence-electron chi connectivity index (χ0n) is 77.2. The molecule has 41 N–H and O–H groups in total. The molecule has 0 aromatic rings. The lowest BCUT2D eigenvalue weighted by atomic mass is 9.94. The summed E-state index contributed by atoms with van der Waals surface area (Å²) in [6, 6.07) is -1.96. The first-order chi connectivity index (χ1) is 69.7. The Morgan fingerprint density at radius 2 is 0.347 bits per heavy atom. The predicted molar refractivity (Wildman–Crippen MR) is 439 cm³/mol. The Hall–Kier alpha value is -3.13. The fourth-order valence-electron chi connectivity index (χ4n) is 19.0. The van der Waals surface area contributed by atoms with Crippen LogP contribution in [-0.2, 0) is 123 Å². The molecule has 0 radical (unpaired) electrons. The second-order valence-electron chi connectivity index (χ2n) is 37.2. The molecule has 0 spiro atoms. The van der Waals surface area contributed by atoms with Crippen LogP contribution < -0.4 is 5.32 Å². The van der Waals surface area contributed by atoms with Crippen LogP contribution in [0.4, 0.5) is 0 Å². The Morgan fingerprint density at radius 1 is 0.177 bits per heavy atom. The van der Waals surface area contributed by atoms with E-state index >= 15 is 0 Å². The number of nitrogens with one attached hydrogen (secondary N) is 1. The number of rotatable bonds is 38. The Morgan fingerprint density at radius 3 is 0.619 bits per heavy atom. The number of amides is 1. The normalized spacial score (nSPS) is 52.9. The summed E-state index contributed by atoms with van der Waals surface area (Å²) >= 11 is 0. The molecule has 67 nitrogen and oxygen atoms in total. The maximum absolute atomic E-state index is 12.9. The average Bonchev–Trinajstić information content (AvgIpc) is 0.767. The fourth-order valence-corrected chi connectivity index (χ4v) is 19.0. The molecule has 13 rings (SSSR count). The molecule has 0 aromatic heterocycles. The van der Waals surface area contributed by atoms with Crippen LogP contribution in [0.15, 0.2) is 0 Å². The van der Waals surface area contributed by atoms with Gasteiger partial charge in [0.1, 0.15) is 317 Å². The van der Waals surface area contributed by atoms with Crippen molar-refractivity contribution < 1.29 is 327 Å². The van der Waals surface area contributed by atoms with Gasteiger partial charge in [-0.05, 0) is 0 Å². The quantitative estimate of drug-likeness (QED) is 0.0273. The summed E-state index contributed by atoms with van der Waals surface area (Å²) in [6.45, 7) is -14.6. The molecule has 1 unspecified atom stereocenters. The lowest BCUT2D eigenvalue weighted by molar-refractivity contribution is -0.413. The van der Waals surface area contributed by atoms with E-state index in [1.807, 2.05) is 0 Å². The molecule has 147 heavy (non-hydrogen) atoms. The Bertz CT molecular complexity index is 3940. The molecule has 67 heteroatoms. The number of hydrogen-bond donors (Lipinski definition) is 41. The van der Waals surface area contributed by atoms with Crippen molar-refractivity contribution in [3.05, 3.63) is 0 Å². The zero-order valence-corrected chi connectivity index (χ0v) is 77.2. The standard InChI is InChI=1S/C80H135NO66/c1-15(93)81-29-58(38(102)24(10-90)125-68(29)122)138-75-57(121)62(42(106)28(137-75)13-123-69-54(118)61(141-78-65(48(112)35(99)21(7-87)133-78)145-72-53(117)45(109)32(96)18(4-84)128-72)41(105)27(136-69)14-124-76-63(46(110)33(97)19(5-85)131-76)143-70-51(115)43(107)30(94)16(2-82)126-70)142-79-67(50(114)37(101)22(8-88)134-79)147-80-66(49(113)36(100)23(9-89)135-80)146-74-55(119)59(39(103)25(11-91)130-74)139-73-56(120)60(40(104)26(12-92)129-73)140-77-64(47(111)34(98)20(6-86)132-77)144-71-52(116)44(108)31(95)17(3-83)127-71/h16-80,82-92,94-122H,2-14H2,1H3,(H,81,93)/t16-,17-,18-,19-,20-,21-,22-,23-,24-,25-,26-,27-,28-,29-,30-,31-,32-,33-,34-,35-,36-,37-,38-,39-,40-,41-,42-,43+,44+,45+,46+,47+,48+,49+,50+,51+,52-,53+,54+,55+,56-,57+,58-,59+,60+,61+,62+,63+,64-,65+,66+,67+,68?,69+,70-,71-,72-,73-,74-,75+,76+,77-,78-,79-,80-/m1/s1. The lowest BCUT2D eigenvalue weighted by Crippen LogP contribution is -2.69. The van der Waals surface area contributed by atoms with E-state index in [9.17, 15) is 209 Å². The van der Waals surface area contributed by atoms with Crippen molar-refractivity contribution in [1.29, 1.82) is 0 Å². The number of carbonyl (C=O) groups is 1. The van der Waals surface area contributed by atoms with Gasteiger partial charge in [0.05, 0.1) is 85.9 Å². The van der Waals surface area contributed by atoms with E-state index in [0.717, 1.165) is 6.92 Å². The Balaban J connectivity index is 0.807. The SMILES string of the molecule is CC(=O)N[C@H]1C(O)O[C@H](CO)[C@@H](O)[C@@H]1O[C@@H]1O[C@H](CO[C@H]2O[C@H](CO[C@H]3O[C@H](CO)[C@@H](O)[C@H](O)[C@@H]3O[C@H]3O[C@H](CO)[C@@H](O)[C@H](O)[C@@H]3O)[C@@H](O)[C@H](O[C@H]3O[C@H](CO)[C@@H](O)[C@H](O)[C@@H]3O[C@H]3O[C@H](CO)[C@@H](O)[C@H](O)[C@@H]3O)[C@@H]2O)[C@@H](O)[C@H](O[C@H]2O[C@H](CO)[C@@H](O)[C@H](O)[C@@H]2O[C@H]2O[C@H](CO)[C@@H](O)[C@H](O)[C@@H]2O[C@H]2O[C@H](CO)[C@@H](O)[C@H](O[C@H]3O[C@H](CO)[C@@H](O)[C@H](O[C@H]4O[C@H](CO)[C@@H](O)[C@H](O)[C@H]4O[C@H]4O[C@H](CO)[C@@H](O)[C@H](O)[C@H]4O)[C@H]3O)[C@@H]2O)[C@@H]1O. The molecule has 13 saturated heterocycles. The Labute approximate surface area is 828 Å². The van der Waals surface area contributed by atoms with Crippen LogP contribution in [-0.4, -0.2) is 695 Å². The van der Waals surface area contributed by atoms with Gasteiger partial charge in [0.15, 0.2) is 81.8 Å². The predicted octanol–water partition coefficient (Wildman–Crippen LogP) is -29.2. The molecule has 13 aliphatic heterocycles. The third-order valence-electron chi connectivity index (χ3n) is 27.6.